The molecule has 11 heteroatoms. The molecule has 0 atom stereocenters. The minimum Gasteiger partial charge on any atom is -0.455 e. The molecular formula is C24H23N5O5S. The fraction of sp³-hybridized carbons (Fsp3) is 0.250. The van der Waals surface area contributed by atoms with Crippen LogP contribution in [0.4, 0.5) is 5.82 Å². The highest BCUT2D eigenvalue weighted by Gasteiger charge is 2.33. The van der Waals surface area contributed by atoms with Crippen molar-refractivity contribution in [2.45, 2.75) is 17.7 Å². The maximum atomic E-state index is 12.7. The van der Waals surface area contributed by atoms with E-state index in [4.69, 9.17) is 4.74 Å². The molecule has 0 aliphatic carbocycles. The molecule has 35 heavy (non-hydrogen) atoms. The summed E-state index contributed by atoms with van der Waals surface area (Å²) in [5, 5.41) is 16.1. The standard InChI is InChI=1S/C24H23N5O5S/c25-15-19-16-26-29(20-7-3-1-4-8-20)23(19)27-22(30)17-34-24(31)18-11-13-28(14-12-18)35(32,33)21-9-5-2-6-10-21/h1-10,16,18H,11-14,17H2,(H,27,30). The normalized spacial score (nSPS) is 14.7. The molecule has 2 heterocycles. The number of esters is 1. The number of hydrogen-bond donors (Lipinski definition) is 1. The predicted octanol–water partition coefficient (Wildman–Crippen LogP) is 2.33. The zero-order chi connectivity index (χ0) is 24.8. The Balaban J connectivity index is 1.31. The van der Waals surface area contributed by atoms with Gasteiger partial charge in [-0.25, -0.2) is 13.1 Å². The number of carbonyl (C=O) groups is 2. The number of piperidine rings is 1. The highest BCUT2D eigenvalue weighted by atomic mass is 32.2. The Hall–Kier alpha value is -4.01. The van der Waals surface area contributed by atoms with Crippen molar-refractivity contribution < 1.29 is 22.7 Å². The lowest BCUT2D eigenvalue weighted by Crippen LogP contribution is -2.40. The van der Waals surface area contributed by atoms with E-state index in [0.29, 0.717) is 18.5 Å². The van der Waals surface area contributed by atoms with Crippen molar-refractivity contribution in [3.05, 3.63) is 72.4 Å². The Morgan fingerprint density at radius 2 is 1.69 bits per heavy atom. The Bertz CT molecular complexity index is 1340. The zero-order valence-electron chi connectivity index (χ0n) is 18.7. The summed E-state index contributed by atoms with van der Waals surface area (Å²) in [5.41, 5.74) is 0.819. The predicted molar refractivity (Wildman–Crippen MR) is 126 cm³/mol. The third-order valence-corrected chi connectivity index (χ3v) is 7.57. The minimum atomic E-state index is -3.62. The third-order valence-electron chi connectivity index (χ3n) is 5.66. The van der Waals surface area contributed by atoms with Gasteiger partial charge in [-0.15, -0.1) is 0 Å². The van der Waals surface area contributed by atoms with Crippen molar-refractivity contribution in [1.82, 2.24) is 14.1 Å². The van der Waals surface area contributed by atoms with E-state index in [-0.39, 0.29) is 29.4 Å². The summed E-state index contributed by atoms with van der Waals surface area (Å²) in [5.74, 6) is -1.50. The van der Waals surface area contributed by atoms with Crippen LogP contribution in [0, 0.1) is 17.2 Å². The van der Waals surface area contributed by atoms with Gasteiger partial charge in [-0.05, 0) is 37.1 Å². The Morgan fingerprint density at radius 3 is 2.31 bits per heavy atom. The summed E-state index contributed by atoms with van der Waals surface area (Å²) in [6, 6.07) is 19.1. The number of benzene rings is 2. The van der Waals surface area contributed by atoms with Crippen molar-refractivity contribution in [2.24, 2.45) is 5.92 Å². The maximum Gasteiger partial charge on any atom is 0.309 e. The molecule has 180 valence electrons. The summed E-state index contributed by atoms with van der Waals surface area (Å²) in [6.07, 6.45) is 1.93. The van der Waals surface area contributed by atoms with Gasteiger partial charge in [-0.3, -0.25) is 9.59 Å². The summed E-state index contributed by atoms with van der Waals surface area (Å²) < 4.78 is 33.4. The van der Waals surface area contributed by atoms with Crippen molar-refractivity contribution in [2.75, 3.05) is 25.0 Å². The summed E-state index contributed by atoms with van der Waals surface area (Å²) in [4.78, 5) is 25.2. The Kier molecular flexibility index (Phi) is 7.24. The smallest absolute Gasteiger partial charge is 0.309 e. The van der Waals surface area contributed by atoms with E-state index in [9.17, 15) is 23.3 Å². The van der Waals surface area contributed by atoms with E-state index in [1.807, 2.05) is 12.1 Å². The zero-order valence-corrected chi connectivity index (χ0v) is 19.5. The van der Waals surface area contributed by atoms with Crippen molar-refractivity contribution in [1.29, 1.82) is 5.26 Å². The van der Waals surface area contributed by atoms with Gasteiger partial charge in [-0.1, -0.05) is 36.4 Å². The monoisotopic (exact) mass is 493 g/mol. The van der Waals surface area contributed by atoms with E-state index >= 15 is 0 Å². The second-order valence-corrected chi connectivity index (χ2v) is 9.85. The molecular weight excluding hydrogens is 470 g/mol. The number of sulfonamides is 1. The molecule has 1 aliphatic heterocycles. The number of hydrogen-bond acceptors (Lipinski definition) is 7. The van der Waals surface area contributed by atoms with Gasteiger partial charge >= 0.3 is 5.97 Å². The first-order valence-corrected chi connectivity index (χ1v) is 12.4. The van der Waals surface area contributed by atoms with Crippen LogP contribution >= 0.6 is 0 Å². The summed E-state index contributed by atoms with van der Waals surface area (Å²) in [7, 11) is -3.62. The molecule has 1 N–H and O–H groups in total. The molecule has 1 saturated heterocycles. The van der Waals surface area contributed by atoms with Crippen molar-refractivity contribution >= 4 is 27.7 Å². The van der Waals surface area contributed by atoms with Crippen LogP contribution in [0.25, 0.3) is 5.69 Å². The van der Waals surface area contributed by atoms with E-state index in [1.54, 1.807) is 42.5 Å². The van der Waals surface area contributed by atoms with Gasteiger partial charge in [0.2, 0.25) is 10.0 Å². The Labute approximate surface area is 202 Å². The number of amides is 1. The van der Waals surface area contributed by atoms with Crippen LogP contribution in [-0.2, 0) is 24.3 Å². The van der Waals surface area contributed by atoms with Crippen LogP contribution in [0.5, 0.6) is 0 Å². The molecule has 2 aromatic carbocycles. The summed E-state index contributed by atoms with van der Waals surface area (Å²) in [6.45, 7) is -0.165. The van der Waals surface area contributed by atoms with Crippen molar-refractivity contribution in [3.8, 4) is 11.8 Å². The quantitative estimate of drug-likeness (QED) is 0.499. The first-order valence-electron chi connectivity index (χ1n) is 11.0. The molecule has 0 bridgehead atoms. The molecule has 1 aromatic heterocycles. The largest absolute Gasteiger partial charge is 0.455 e. The van der Waals surface area contributed by atoms with E-state index in [1.165, 1.54) is 27.3 Å². The van der Waals surface area contributed by atoms with Crippen LogP contribution in [-0.4, -0.2) is 54.1 Å². The fourth-order valence-corrected chi connectivity index (χ4v) is 5.30. The van der Waals surface area contributed by atoms with E-state index in [0.717, 1.165) is 0 Å². The topological polar surface area (TPSA) is 134 Å². The van der Waals surface area contributed by atoms with Crippen LogP contribution in [0.3, 0.4) is 0 Å². The molecule has 0 saturated carbocycles. The molecule has 1 aliphatic rings. The van der Waals surface area contributed by atoms with E-state index in [2.05, 4.69) is 10.4 Å². The number of carbonyl (C=O) groups excluding carboxylic acids is 2. The van der Waals surface area contributed by atoms with Gasteiger partial charge in [0.1, 0.15) is 11.6 Å². The van der Waals surface area contributed by atoms with Crippen LogP contribution in [0.1, 0.15) is 18.4 Å². The van der Waals surface area contributed by atoms with Gasteiger partial charge in [0.25, 0.3) is 5.91 Å². The molecule has 1 amide bonds. The van der Waals surface area contributed by atoms with Crippen LogP contribution < -0.4 is 5.32 Å². The number of anilines is 1. The van der Waals surface area contributed by atoms with Gasteiger partial charge < -0.3 is 10.1 Å². The molecule has 1 fully saturated rings. The first kappa shape index (κ1) is 24.1. The minimum absolute atomic E-state index is 0.167. The van der Waals surface area contributed by atoms with Gasteiger partial charge in [0.15, 0.2) is 12.4 Å². The van der Waals surface area contributed by atoms with Crippen LogP contribution in [0.2, 0.25) is 0 Å². The second kappa shape index (κ2) is 10.5. The highest BCUT2D eigenvalue weighted by molar-refractivity contribution is 7.89. The SMILES string of the molecule is N#Cc1cnn(-c2ccccc2)c1NC(=O)COC(=O)C1CCN(S(=O)(=O)c2ccccc2)CC1. The average molecular weight is 494 g/mol. The number of ether oxygens (including phenoxy) is 1. The number of nitriles is 1. The molecule has 3 aromatic rings. The lowest BCUT2D eigenvalue weighted by molar-refractivity contribution is -0.152. The number of aromatic nitrogens is 2. The molecule has 10 nitrogen and oxygen atoms in total. The molecule has 0 unspecified atom stereocenters. The van der Waals surface area contributed by atoms with Crippen molar-refractivity contribution in [3.63, 3.8) is 0 Å². The fourth-order valence-electron chi connectivity index (χ4n) is 3.81. The van der Waals surface area contributed by atoms with E-state index < -0.39 is 34.4 Å². The lowest BCUT2D eigenvalue weighted by Gasteiger charge is -2.30. The van der Waals surface area contributed by atoms with Crippen LogP contribution in [0.15, 0.2) is 71.8 Å². The first-order chi connectivity index (χ1) is 16.9. The molecule has 0 spiro atoms. The van der Waals surface area contributed by atoms with Gasteiger partial charge in [0, 0.05) is 13.1 Å². The maximum absolute atomic E-state index is 12.7. The number of rotatable bonds is 7. The average Bonchev–Trinajstić information content (AvgIpc) is 3.30. The summed E-state index contributed by atoms with van der Waals surface area (Å²) >= 11 is 0. The Morgan fingerprint density at radius 1 is 1.06 bits per heavy atom. The van der Waals surface area contributed by atoms with Gasteiger partial charge in [-0.2, -0.15) is 14.7 Å². The second-order valence-electron chi connectivity index (χ2n) is 7.91. The molecule has 0 radical (unpaired) electrons. The highest BCUT2D eigenvalue weighted by Crippen LogP contribution is 2.25. The third kappa shape index (κ3) is 5.40. The number of nitrogens with zero attached hydrogens (tertiary/aromatic N) is 4. The number of nitrogens with one attached hydrogen (secondary N) is 1. The van der Waals surface area contributed by atoms with Gasteiger partial charge in [0.05, 0.1) is 22.7 Å². The lowest BCUT2D eigenvalue weighted by atomic mass is 9.98. The number of para-hydroxylation sites is 1. The molecule has 4 rings (SSSR count).